The van der Waals surface area contributed by atoms with Crippen LogP contribution in [0.3, 0.4) is 0 Å². The predicted octanol–water partition coefficient (Wildman–Crippen LogP) is 0.798. The first-order valence-electron chi connectivity index (χ1n) is 6.13. The average Bonchev–Trinajstić information content (AvgIpc) is 2.98. The number of hydrogen-bond acceptors (Lipinski definition) is 4. The maximum absolute atomic E-state index is 5.56. The zero-order chi connectivity index (χ0) is 12.1. The van der Waals surface area contributed by atoms with Gasteiger partial charge in [-0.3, -0.25) is 0 Å². The molecule has 17 heavy (non-hydrogen) atoms. The number of aryl methyl sites for hydroxylation is 1. The van der Waals surface area contributed by atoms with Crippen molar-refractivity contribution in [1.29, 1.82) is 0 Å². The highest BCUT2D eigenvalue weighted by molar-refractivity contribution is 4.93. The smallest absolute Gasteiger partial charge is 0.122 e. The molecule has 5 nitrogen and oxygen atoms in total. The van der Waals surface area contributed by atoms with Crippen LogP contribution in [0, 0.1) is 0 Å². The lowest BCUT2D eigenvalue weighted by atomic mass is 10.0. The Morgan fingerprint density at radius 1 is 1.65 bits per heavy atom. The van der Waals surface area contributed by atoms with Crippen molar-refractivity contribution in [2.24, 2.45) is 0 Å². The maximum atomic E-state index is 5.56. The topological polar surface area (TPSA) is 48.3 Å². The minimum atomic E-state index is -0.149. The molecule has 1 aromatic heterocycles. The Balaban J connectivity index is 1.82. The van der Waals surface area contributed by atoms with Gasteiger partial charge in [0, 0.05) is 45.6 Å². The molecule has 0 spiro atoms. The molecule has 1 unspecified atom stereocenters. The van der Waals surface area contributed by atoms with Crippen LogP contribution in [0.5, 0.6) is 0 Å². The van der Waals surface area contributed by atoms with Crippen molar-refractivity contribution in [3.8, 4) is 0 Å². The first-order chi connectivity index (χ1) is 8.29. The zero-order valence-corrected chi connectivity index (χ0v) is 10.6. The largest absolute Gasteiger partial charge is 0.378 e. The molecule has 1 N–H and O–H groups in total. The van der Waals surface area contributed by atoms with Crippen molar-refractivity contribution in [2.75, 3.05) is 26.9 Å². The molecule has 1 atom stereocenters. The van der Waals surface area contributed by atoms with Gasteiger partial charge in [-0.05, 0) is 6.92 Å². The summed E-state index contributed by atoms with van der Waals surface area (Å²) >= 11 is 0. The molecule has 1 aromatic rings. The molecule has 5 heteroatoms. The van der Waals surface area contributed by atoms with E-state index in [9.17, 15) is 0 Å². The maximum Gasteiger partial charge on any atom is 0.122 e. The minimum Gasteiger partial charge on any atom is -0.378 e. The lowest BCUT2D eigenvalue weighted by molar-refractivity contribution is -0.0160. The summed E-state index contributed by atoms with van der Waals surface area (Å²) in [5, 5.41) is 3.41. The lowest BCUT2D eigenvalue weighted by Crippen LogP contribution is -2.43. The standard InChI is InChI=1S/C12H21N3O2/c1-3-15-6-5-14-11(15)8-13-9-12(16-2)4-7-17-10-12/h5-6,13H,3-4,7-10H2,1-2H3. The van der Waals surface area contributed by atoms with Crippen LogP contribution in [0.15, 0.2) is 12.4 Å². The molecule has 2 rings (SSSR count). The van der Waals surface area contributed by atoms with Crippen molar-refractivity contribution in [2.45, 2.75) is 32.0 Å². The highest BCUT2D eigenvalue weighted by Gasteiger charge is 2.34. The van der Waals surface area contributed by atoms with Crippen LogP contribution >= 0.6 is 0 Å². The molecule has 0 saturated carbocycles. The van der Waals surface area contributed by atoms with E-state index >= 15 is 0 Å². The van der Waals surface area contributed by atoms with Gasteiger partial charge in [0.1, 0.15) is 11.4 Å². The summed E-state index contributed by atoms with van der Waals surface area (Å²) in [5.41, 5.74) is -0.149. The number of aromatic nitrogens is 2. The summed E-state index contributed by atoms with van der Waals surface area (Å²) in [6.07, 6.45) is 4.80. The number of rotatable bonds is 6. The highest BCUT2D eigenvalue weighted by atomic mass is 16.5. The third-order valence-electron chi connectivity index (χ3n) is 3.37. The number of hydrogen-bond donors (Lipinski definition) is 1. The van der Waals surface area contributed by atoms with Crippen LogP contribution in [0.2, 0.25) is 0 Å². The highest BCUT2D eigenvalue weighted by Crippen LogP contribution is 2.21. The molecule has 0 radical (unpaired) electrons. The van der Waals surface area contributed by atoms with Crippen LogP contribution < -0.4 is 5.32 Å². The number of nitrogens with zero attached hydrogens (tertiary/aromatic N) is 2. The predicted molar refractivity (Wildman–Crippen MR) is 64.8 cm³/mol. The Kier molecular flexibility index (Phi) is 4.15. The van der Waals surface area contributed by atoms with Crippen LogP contribution in [0.4, 0.5) is 0 Å². The summed E-state index contributed by atoms with van der Waals surface area (Å²) in [6.45, 7) is 6.12. The summed E-state index contributed by atoms with van der Waals surface area (Å²) in [7, 11) is 1.75. The molecule has 1 aliphatic heterocycles. The molecule has 0 bridgehead atoms. The van der Waals surface area contributed by atoms with Crippen molar-refractivity contribution >= 4 is 0 Å². The summed E-state index contributed by atoms with van der Waals surface area (Å²) in [6, 6.07) is 0. The molecule has 1 fully saturated rings. The van der Waals surface area contributed by atoms with E-state index < -0.39 is 0 Å². The SMILES string of the molecule is CCn1ccnc1CNCC1(OC)CCOC1. The van der Waals surface area contributed by atoms with Gasteiger partial charge in [0.05, 0.1) is 13.2 Å². The molecule has 2 heterocycles. The first-order valence-corrected chi connectivity index (χ1v) is 6.13. The van der Waals surface area contributed by atoms with Crippen molar-refractivity contribution in [3.63, 3.8) is 0 Å². The number of ether oxygens (including phenoxy) is 2. The summed E-state index contributed by atoms with van der Waals surface area (Å²) < 4.78 is 13.1. The molecule has 1 saturated heterocycles. The average molecular weight is 239 g/mol. The first kappa shape index (κ1) is 12.5. The third-order valence-corrected chi connectivity index (χ3v) is 3.37. The fourth-order valence-corrected chi connectivity index (χ4v) is 2.16. The molecule has 0 amide bonds. The minimum absolute atomic E-state index is 0.149. The lowest BCUT2D eigenvalue weighted by Gasteiger charge is -2.25. The second kappa shape index (κ2) is 5.62. The zero-order valence-electron chi connectivity index (χ0n) is 10.6. The molecule has 96 valence electrons. The fourth-order valence-electron chi connectivity index (χ4n) is 2.16. The van der Waals surface area contributed by atoms with Crippen LogP contribution in [0.25, 0.3) is 0 Å². The van der Waals surface area contributed by atoms with Gasteiger partial charge in [-0.15, -0.1) is 0 Å². The van der Waals surface area contributed by atoms with E-state index in [0.29, 0.717) is 6.61 Å². The van der Waals surface area contributed by atoms with Crippen molar-refractivity contribution in [3.05, 3.63) is 18.2 Å². The monoisotopic (exact) mass is 239 g/mol. The van der Waals surface area contributed by atoms with Crippen LogP contribution in [-0.2, 0) is 22.6 Å². The van der Waals surface area contributed by atoms with Gasteiger partial charge in [-0.25, -0.2) is 4.98 Å². The molecule has 1 aliphatic rings. The van der Waals surface area contributed by atoms with Crippen molar-refractivity contribution in [1.82, 2.24) is 14.9 Å². The fraction of sp³-hybridized carbons (Fsp3) is 0.750. The van der Waals surface area contributed by atoms with Crippen molar-refractivity contribution < 1.29 is 9.47 Å². The molecule has 0 aromatic carbocycles. The quantitative estimate of drug-likeness (QED) is 0.797. The van der Waals surface area contributed by atoms with E-state index in [1.54, 1.807) is 7.11 Å². The third kappa shape index (κ3) is 2.86. The molecular weight excluding hydrogens is 218 g/mol. The van der Waals surface area contributed by atoms with Gasteiger partial charge in [-0.1, -0.05) is 0 Å². The van der Waals surface area contributed by atoms with Crippen LogP contribution in [-0.4, -0.2) is 42.0 Å². The van der Waals surface area contributed by atoms with E-state index in [1.165, 1.54) is 0 Å². The normalized spacial score (nSPS) is 24.4. The molecular formula is C12H21N3O2. The van der Waals surface area contributed by atoms with Gasteiger partial charge >= 0.3 is 0 Å². The molecule has 0 aliphatic carbocycles. The Labute approximate surface area is 102 Å². The van der Waals surface area contributed by atoms with Gasteiger partial charge in [-0.2, -0.15) is 0 Å². The number of nitrogens with one attached hydrogen (secondary N) is 1. The van der Waals surface area contributed by atoms with Gasteiger partial charge < -0.3 is 19.4 Å². The second-order valence-electron chi connectivity index (χ2n) is 4.42. The summed E-state index contributed by atoms with van der Waals surface area (Å²) in [5.74, 6) is 1.07. The van der Waals surface area contributed by atoms with Crippen LogP contribution in [0.1, 0.15) is 19.2 Å². The van der Waals surface area contributed by atoms with Gasteiger partial charge in [0.25, 0.3) is 0 Å². The second-order valence-corrected chi connectivity index (χ2v) is 4.42. The number of methoxy groups -OCH3 is 1. The Morgan fingerprint density at radius 2 is 2.53 bits per heavy atom. The van der Waals surface area contributed by atoms with Gasteiger partial charge in [0.2, 0.25) is 0 Å². The van der Waals surface area contributed by atoms with E-state index in [4.69, 9.17) is 9.47 Å². The Morgan fingerprint density at radius 3 is 3.18 bits per heavy atom. The van der Waals surface area contributed by atoms with Gasteiger partial charge in [0.15, 0.2) is 0 Å². The van der Waals surface area contributed by atoms with E-state index in [2.05, 4.69) is 21.8 Å². The van der Waals surface area contributed by atoms with E-state index in [0.717, 1.165) is 38.5 Å². The Bertz CT molecular complexity index is 345. The number of imidazole rings is 1. The Hall–Kier alpha value is -0.910. The van der Waals surface area contributed by atoms with E-state index in [-0.39, 0.29) is 5.60 Å². The summed E-state index contributed by atoms with van der Waals surface area (Å²) in [4.78, 5) is 4.33. The van der Waals surface area contributed by atoms with E-state index in [1.807, 2.05) is 12.4 Å².